The van der Waals surface area contributed by atoms with Crippen molar-refractivity contribution in [1.29, 1.82) is 0 Å². The minimum Gasteiger partial charge on any atom is -0.479 e. The quantitative estimate of drug-likeness (QED) is 0.515. The molecule has 0 amide bonds. The maximum Gasteiger partial charge on any atom is 0.332 e. The van der Waals surface area contributed by atoms with Crippen molar-refractivity contribution in [3.63, 3.8) is 0 Å². The van der Waals surface area contributed by atoms with E-state index in [1.807, 2.05) is 0 Å². The third kappa shape index (κ3) is 2.01. The Morgan fingerprint density at radius 2 is 2.55 bits per heavy atom. The molecule has 6 heteroatoms. The molecule has 0 fully saturated rings. The molecule has 1 rings (SSSR count). The molecule has 0 aromatic carbocycles. The Morgan fingerprint density at radius 3 is 3.00 bits per heavy atom. The number of rotatable bonds is 3. The van der Waals surface area contributed by atoms with Crippen molar-refractivity contribution in [1.82, 2.24) is 15.2 Å². The Labute approximate surface area is 61.9 Å². The highest BCUT2D eigenvalue weighted by atomic mass is 16.4. The summed E-state index contributed by atoms with van der Waals surface area (Å²) in [5, 5.41) is 23.0. The van der Waals surface area contributed by atoms with Gasteiger partial charge in [0.05, 0.1) is 0 Å². The van der Waals surface area contributed by atoms with Gasteiger partial charge in [-0.15, -0.1) is 0 Å². The summed E-state index contributed by atoms with van der Waals surface area (Å²) < 4.78 is 0. The molecule has 0 spiro atoms. The van der Waals surface area contributed by atoms with Gasteiger partial charge in [-0.05, 0) is 0 Å². The number of aliphatic hydroxyl groups is 1. The number of nitrogens with zero attached hydrogens (tertiary/aromatic N) is 2. The summed E-state index contributed by atoms with van der Waals surface area (Å²) in [5.41, 5.74) is 0. The minimum atomic E-state index is -1.41. The average molecular weight is 160 g/mol. The van der Waals surface area contributed by atoms with Crippen molar-refractivity contribution in [2.75, 3.05) is 0 Å². The largest absolute Gasteiger partial charge is 0.479 e. The van der Waals surface area contributed by atoms with E-state index >= 15 is 0 Å². The summed E-state index contributed by atoms with van der Waals surface area (Å²) in [6, 6.07) is 0. The van der Waals surface area contributed by atoms with Crippen molar-refractivity contribution in [3.05, 3.63) is 12.2 Å². The van der Waals surface area contributed by atoms with Crippen LogP contribution in [-0.2, 0) is 11.2 Å². The summed E-state index contributed by atoms with van der Waals surface area (Å²) in [7, 11) is 0. The lowest BCUT2D eigenvalue weighted by Gasteiger charge is -1.99. The molecule has 0 aliphatic carbocycles. The van der Waals surface area contributed by atoms with Crippen molar-refractivity contribution >= 4 is 5.97 Å². The highest BCUT2D eigenvalue weighted by molar-refractivity contribution is 5.72. The average Bonchev–Trinajstić information content (AvgIpc) is 2.39. The lowest BCUT2D eigenvalue weighted by Crippen LogP contribution is -2.22. The normalized spacial score (nSPS) is 12.8. The Morgan fingerprint density at radius 1 is 1.82 bits per heavy atom. The van der Waals surface area contributed by atoms with E-state index in [2.05, 4.69) is 15.2 Å². The number of hydrogen-bond acceptors (Lipinski definition) is 4. The lowest BCUT2D eigenvalue weighted by atomic mass is 10.3. The zero-order valence-electron chi connectivity index (χ0n) is 5.56. The summed E-state index contributed by atoms with van der Waals surface area (Å²) in [6.45, 7) is 0. The van der Waals surface area contributed by atoms with Crippen LogP contribution in [0, 0.1) is 0 Å². The Balaban J connectivity index is 2.50. The van der Waals surface area contributed by atoms with Gasteiger partial charge in [0.15, 0.2) is 6.10 Å². The summed E-state index contributed by atoms with van der Waals surface area (Å²) >= 11 is 0. The lowest BCUT2D eigenvalue weighted by molar-refractivity contribution is -0.146. The standard InChI is InChI=1S/C5H7N3O3/c9-3(5(10)11)1-4-6-2-7-8-4/h2-3,9H,1H2,(H,10,11)(H,6,7,8)/i2+1,4+1,6+1. The van der Waals surface area contributed by atoms with Gasteiger partial charge in [-0.2, -0.15) is 5.10 Å². The fraction of sp³-hybridized carbons (Fsp3) is 0.400. The second-order valence-corrected chi connectivity index (χ2v) is 1.99. The second-order valence-electron chi connectivity index (χ2n) is 1.99. The molecule has 1 aromatic rings. The molecule has 1 aromatic heterocycles. The predicted molar refractivity (Wildman–Crippen MR) is 33.7 cm³/mol. The molecule has 0 saturated heterocycles. The molecule has 0 saturated carbocycles. The van der Waals surface area contributed by atoms with Gasteiger partial charge < -0.3 is 10.2 Å². The molecule has 3 N–H and O–H groups in total. The van der Waals surface area contributed by atoms with Crippen LogP contribution in [0.2, 0.25) is 0 Å². The van der Waals surface area contributed by atoms with Gasteiger partial charge in [0.25, 0.3) is 0 Å². The van der Waals surface area contributed by atoms with E-state index in [1.165, 1.54) is 6.33 Å². The van der Waals surface area contributed by atoms with Gasteiger partial charge in [0.1, 0.15) is 12.2 Å². The van der Waals surface area contributed by atoms with E-state index in [-0.39, 0.29) is 6.42 Å². The highest BCUT2D eigenvalue weighted by Crippen LogP contribution is 1.93. The molecule has 0 radical (unpaired) electrons. The van der Waals surface area contributed by atoms with Gasteiger partial charge in [0, 0.05) is 6.42 Å². The smallest absolute Gasteiger partial charge is 0.332 e. The van der Waals surface area contributed by atoms with Crippen LogP contribution in [0.1, 0.15) is 5.82 Å². The molecule has 60 valence electrons. The van der Waals surface area contributed by atoms with Crippen molar-refractivity contribution in [2.45, 2.75) is 12.5 Å². The number of carboxylic acids is 1. The molecule has 6 nitrogen and oxygen atoms in total. The van der Waals surface area contributed by atoms with E-state index in [9.17, 15) is 4.79 Å². The molecular formula is C5H7N3O3. The second kappa shape index (κ2) is 3.11. The number of aromatic nitrogens is 3. The SMILES string of the molecule is O=C(O)C(O)C[13c]1[nH]n[13cH][15n]1. The number of H-pyrrole nitrogens is 1. The Bertz CT molecular complexity index is 233. The van der Waals surface area contributed by atoms with Crippen LogP contribution < -0.4 is 0 Å². The molecule has 1 atom stereocenters. The monoisotopic (exact) mass is 160 g/mol. The van der Waals surface area contributed by atoms with E-state index in [1.54, 1.807) is 0 Å². The maximum absolute atomic E-state index is 10.1. The predicted octanol–water partition coefficient (Wildman–Crippen LogP) is -1.21. The first-order valence-electron chi connectivity index (χ1n) is 2.95. The summed E-state index contributed by atoms with van der Waals surface area (Å²) in [5.74, 6) is -0.902. The topological polar surface area (TPSA) is 99.1 Å². The molecule has 0 aliphatic rings. The Hall–Kier alpha value is -1.43. The van der Waals surface area contributed by atoms with Crippen LogP contribution in [0.3, 0.4) is 0 Å². The zero-order valence-corrected chi connectivity index (χ0v) is 5.56. The Kier molecular flexibility index (Phi) is 2.17. The third-order valence-corrected chi connectivity index (χ3v) is 1.14. The number of nitrogens with one attached hydrogen (secondary N) is 1. The van der Waals surface area contributed by atoms with E-state index in [4.69, 9.17) is 10.2 Å². The maximum atomic E-state index is 10.1. The summed E-state index contributed by atoms with van der Waals surface area (Å²) in [4.78, 5) is 13.8. The van der Waals surface area contributed by atoms with Gasteiger partial charge in [-0.3, -0.25) is 5.10 Å². The van der Waals surface area contributed by atoms with Crippen molar-refractivity contribution in [2.24, 2.45) is 0 Å². The molecular weight excluding hydrogens is 153 g/mol. The fourth-order valence-electron chi connectivity index (χ4n) is 0.600. The van der Waals surface area contributed by atoms with Crippen LogP contribution in [-0.4, -0.2) is 37.5 Å². The zero-order chi connectivity index (χ0) is 8.27. The number of aliphatic hydroxyl groups excluding tert-OH is 1. The van der Waals surface area contributed by atoms with Crippen LogP contribution in [0.4, 0.5) is 0 Å². The van der Waals surface area contributed by atoms with Gasteiger partial charge in [0.2, 0.25) is 0 Å². The first kappa shape index (κ1) is 7.67. The van der Waals surface area contributed by atoms with E-state index < -0.39 is 12.1 Å². The highest BCUT2D eigenvalue weighted by Gasteiger charge is 2.14. The van der Waals surface area contributed by atoms with Gasteiger partial charge in [-0.25, -0.2) is 9.78 Å². The van der Waals surface area contributed by atoms with E-state index in [0.717, 1.165) is 0 Å². The van der Waals surface area contributed by atoms with Gasteiger partial charge in [-0.1, -0.05) is 0 Å². The van der Waals surface area contributed by atoms with Crippen molar-refractivity contribution in [3.8, 4) is 0 Å². The third-order valence-electron chi connectivity index (χ3n) is 1.14. The number of carboxylic acid groups (broad SMARTS) is 1. The van der Waals surface area contributed by atoms with Gasteiger partial charge >= 0.3 is 5.97 Å². The first-order valence-corrected chi connectivity index (χ1v) is 2.95. The molecule has 0 aliphatic heterocycles. The molecule has 11 heavy (non-hydrogen) atoms. The van der Waals surface area contributed by atoms with Crippen LogP contribution in [0.5, 0.6) is 0 Å². The van der Waals surface area contributed by atoms with E-state index in [0.29, 0.717) is 5.82 Å². The van der Waals surface area contributed by atoms with Crippen molar-refractivity contribution < 1.29 is 15.0 Å². The van der Waals surface area contributed by atoms with Crippen LogP contribution in [0.15, 0.2) is 6.33 Å². The molecule has 1 heterocycles. The fourth-order valence-corrected chi connectivity index (χ4v) is 0.600. The first-order chi connectivity index (χ1) is 5.20. The molecule has 0 bridgehead atoms. The number of aliphatic carboxylic acids is 1. The molecule has 1 unspecified atom stereocenters. The van der Waals surface area contributed by atoms with Crippen LogP contribution in [0.25, 0.3) is 0 Å². The summed E-state index contributed by atoms with van der Waals surface area (Å²) in [6.07, 6.45) is -0.206. The van der Waals surface area contributed by atoms with Crippen LogP contribution >= 0.6 is 0 Å². The number of hydrogen-bond donors (Lipinski definition) is 3. The number of aromatic amines is 1. The minimum absolute atomic E-state index is 0.0463. The number of carbonyl (C=O) groups is 1.